The van der Waals surface area contributed by atoms with Crippen LogP contribution in [0.4, 0.5) is 4.39 Å². The summed E-state index contributed by atoms with van der Waals surface area (Å²) >= 11 is 0. The molecule has 0 saturated heterocycles. The third kappa shape index (κ3) is 6.52. The van der Waals surface area contributed by atoms with Gasteiger partial charge in [0, 0.05) is 30.7 Å². The summed E-state index contributed by atoms with van der Waals surface area (Å²) in [6.07, 6.45) is 2.68. The third-order valence-corrected chi connectivity index (χ3v) is 4.36. The minimum absolute atomic E-state index is 0. The smallest absolute Gasteiger partial charge is 0.191 e. The molecule has 2 aromatic carbocycles. The molecule has 0 amide bonds. The highest BCUT2D eigenvalue weighted by atomic mass is 127. The number of hydrogen-bond donors (Lipinski definition) is 3. The van der Waals surface area contributed by atoms with Crippen LogP contribution in [0.1, 0.15) is 5.56 Å². The Morgan fingerprint density at radius 2 is 1.79 bits per heavy atom. The fraction of sp³-hybridized carbons (Fsp3) is 0.286. The SMILES string of the molecule is CN=C(NCCOc1ccc(OC)cc1)NCCc1c[nH]c2ccc(F)cc12.I. The van der Waals surface area contributed by atoms with Crippen molar-refractivity contribution in [2.75, 3.05) is 33.9 Å². The summed E-state index contributed by atoms with van der Waals surface area (Å²) in [5, 5.41) is 7.38. The van der Waals surface area contributed by atoms with Gasteiger partial charge in [0.2, 0.25) is 0 Å². The summed E-state index contributed by atoms with van der Waals surface area (Å²) < 4.78 is 24.3. The lowest BCUT2D eigenvalue weighted by Gasteiger charge is -2.12. The first kappa shape index (κ1) is 22.8. The molecule has 0 saturated carbocycles. The Labute approximate surface area is 186 Å². The van der Waals surface area contributed by atoms with Crippen LogP contribution in [0.25, 0.3) is 10.9 Å². The van der Waals surface area contributed by atoms with Gasteiger partial charge in [0.25, 0.3) is 0 Å². The summed E-state index contributed by atoms with van der Waals surface area (Å²) in [6.45, 7) is 1.81. The van der Waals surface area contributed by atoms with Crippen LogP contribution in [0.2, 0.25) is 0 Å². The molecule has 0 spiro atoms. The number of fused-ring (bicyclic) bond motifs is 1. The van der Waals surface area contributed by atoms with E-state index in [2.05, 4.69) is 20.6 Å². The quantitative estimate of drug-likeness (QED) is 0.186. The summed E-state index contributed by atoms with van der Waals surface area (Å²) in [4.78, 5) is 7.37. The Hall–Kier alpha value is -2.49. The standard InChI is InChI=1S/C21H25FN4O2.HI/c1-23-21(25-11-12-28-18-6-4-17(27-2)5-7-18)24-10-9-15-14-26-20-8-3-16(22)13-19(15)20;/h3-8,13-14,26H,9-12H2,1-2H3,(H2,23,24,25);1H. The second-order valence-corrected chi connectivity index (χ2v) is 6.20. The average molecular weight is 512 g/mol. The fourth-order valence-electron chi connectivity index (χ4n) is 2.90. The predicted molar refractivity (Wildman–Crippen MR) is 125 cm³/mol. The summed E-state index contributed by atoms with van der Waals surface area (Å²) in [5.74, 6) is 2.06. The van der Waals surface area contributed by atoms with Gasteiger partial charge < -0.3 is 25.1 Å². The molecule has 0 radical (unpaired) electrons. The van der Waals surface area contributed by atoms with E-state index >= 15 is 0 Å². The molecule has 0 aliphatic rings. The predicted octanol–water partition coefficient (Wildman–Crippen LogP) is 3.72. The Morgan fingerprint density at radius 3 is 2.52 bits per heavy atom. The van der Waals surface area contributed by atoms with E-state index in [1.165, 1.54) is 6.07 Å². The van der Waals surface area contributed by atoms with Crippen molar-refractivity contribution in [1.82, 2.24) is 15.6 Å². The monoisotopic (exact) mass is 512 g/mol. The lowest BCUT2D eigenvalue weighted by atomic mass is 10.1. The van der Waals surface area contributed by atoms with Crippen LogP contribution >= 0.6 is 24.0 Å². The molecule has 3 aromatic rings. The van der Waals surface area contributed by atoms with Crippen molar-refractivity contribution in [2.45, 2.75) is 6.42 Å². The van der Waals surface area contributed by atoms with E-state index < -0.39 is 0 Å². The first-order chi connectivity index (χ1) is 13.7. The molecule has 6 nitrogen and oxygen atoms in total. The Balaban J connectivity index is 0.00000300. The van der Waals surface area contributed by atoms with Crippen molar-refractivity contribution in [3.63, 3.8) is 0 Å². The highest BCUT2D eigenvalue weighted by Crippen LogP contribution is 2.19. The Morgan fingerprint density at radius 1 is 1.07 bits per heavy atom. The first-order valence-corrected chi connectivity index (χ1v) is 9.16. The number of methoxy groups -OCH3 is 1. The molecule has 0 aliphatic carbocycles. The molecule has 0 aliphatic heterocycles. The van der Waals surface area contributed by atoms with Crippen LogP contribution in [0.15, 0.2) is 53.7 Å². The highest BCUT2D eigenvalue weighted by molar-refractivity contribution is 14.0. The van der Waals surface area contributed by atoms with Crippen LogP contribution < -0.4 is 20.1 Å². The van der Waals surface area contributed by atoms with Crippen molar-refractivity contribution in [3.8, 4) is 11.5 Å². The number of halogens is 2. The Bertz CT molecular complexity index is 928. The molecule has 8 heteroatoms. The number of rotatable bonds is 8. The number of nitrogens with one attached hydrogen (secondary N) is 3. The molecular weight excluding hydrogens is 486 g/mol. The van der Waals surface area contributed by atoms with E-state index in [9.17, 15) is 4.39 Å². The van der Waals surface area contributed by atoms with Gasteiger partial charge in [-0.3, -0.25) is 4.99 Å². The molecule has 29 heavy (non-hydrogen) atoms. The summed E-state index contributed by atoms with van der Waals surface area (Å²) in [5.41, 5.74) is 2.01. The number of aliphatic imine (C=N–C) groups is 1. The van der Waals surface area contributed by atoms with Gasteiger partial charge in [-0.05, 0) is 54.4 Å². The molecule has 3 rings (SSSR count). The van der Waals surface area contributed by atoms with E-state index in [0.29, 0.717) is 25.7 Å². The number of H-pyrrole nitrogens is 1. The van der Waals surface area contributed by atoms with Gasteiger partial charge in [0.15, 0.2) is 5.96 Å². The van der Waals surface area contributed by atoms with E-state index in [-0.39, 0.29) is 29.8 Å². The van der Waals surface area contributed by atoms with E-state index in [1.54, 1.807) is 26.3 Å². The van der Waals surface area contributed by atoms with E-state index in [1.807, 2.05) is 30.5 Å². The van der Waals surface area contributed by atoms with E-state index in [0.717, 1.165) is 34.4 Å². The van der Waals surface area contributed by atoms with Crippen LogP contribution in [0, 0.1) is 5.82 Å². The zero-order chi connectivity index (χ0) is 19.8. The number of nitrogens with zero attached hydrogens (tertiary/aromatic N) is 1. The third-order valence-electron chi connectivity index (χ3n) is 4.36. The number of ether oxygens (including phenoxy) is 2. The molecule has 3 N–H and O–H groups in total. The van der Waals surface area contributed by atoms with Crippen LogP contribution in [-0.2, 0) is 6.42 Å². The lowest BCUT2D eigenvalue weighted by molar-refractivity contribution is 0.321. The minimum Gasteiger partial charge on any atom is -0.497 e. The topological polar surface area (TPSA) is 70.7 Å². The van der Waals surface area contributed by atoms with Crippen molar-refractivity contribution in [2.24, 2.45) is 4.99 Å². The van der Waals surface area contributed by atoms with Gasteiger partial charge in [-0.2, -0.15) is 0 Å². The average Bonchev–Trinajstić information content (AvgIpc) is 3.12. The van der Waals surface area contributed by atoms with Crippen molar-refractivity contribution in [3.05, 3.63) is 60.0 Å². The number of aromatic nitrogens is 1. The maximum absolute atomic E-state index is 13.5. The molecule has 0 atom stereocenters. The second-order valence-electron chi connectivity index (χ2n) is 6.20. The van der Waals surface area contributed by atoms with Crippen LogP contribution in [0.5, 0.6) is 11.5 Å². The molecule has 156 valence electrons. The molecule has 1 aromatic heterocycles. The van der Waals surface area contributed by atoms with Crippen LogP contribution in [-0.4, -0.2) is 44.8 Å². The van der Waals surface area contributed by atoms with Gasteiger partial charge in [-0.15, -0.1) is 24.0 Å². The summed E-state index contributed by atoms with van der Waals surface area (Å²) in [6, 6.07) is 12.2. The summed E-state index contributed by atoms with van der Waals surface area (Å²) in [7, 11) is 3.36. The van der Waals surface area contributed by atoms with Gasteiger partial charge >= 0.3 is 0 Å². The van der Waals surface area contributed by atoms with Gasteiger partial charge in [0.05, 0.1) is 13.7 Å². The maximum Gasteiger partial charge on any atom is 0.191 e. The maximum atomic E-state index is 13.5. The molecular formula is C21H26FIN4O2. The van der Waals surface area contributed by atoms with Gasteiger partial charge in [-0.25, -0.2) is 4.39 Å². The molecule has 0 bridgehead atoms. The minimum atomic E-state index is -0.226. The molecule has 0 unspecified atom stereocenters. The normalized spacial score (nSPS) is 11.1. The van der Waals surface area contributed by atoms with Crippen molar-refractivity contribution >= 4 is 40.8 Å². The number of guanidine groups is 1. The van der Waals surface area contributed by atoms with Gasteiger partial charge in [0.1, 0.15) is 23.9 Å². The number of hydrogen-bond acceptors (Lipinski definition) is 3. The number of aromatic amines is 1. The fourth-order valence-corrected chi connectivity index (χ4v) is 2.90. The zero-order valence-corrected chi connectivity index (χ0v) is 18.8. The zero-order valence-electron chi connectivity index (χ0n) is 16.5. The van der Waals surface area contributed by atoms with Crippen molar-refractivity contribution in [1.29, 1.82) is 0 Å². The van der Waals surface area contributed by atoms with Crippen molar-refractivity contribution < 1.29 is 13.9 Å². The highest BCUT2D eigenvalue weighted by Gasteiger charge is 2.05. The number of benzene rings is 2. The first-order valence-electron chi connectivity index (χ1n) is 9.16. The molecule has 1 heterocycles. The van der Waals surface area contributed by atoms with E-state index in [4.69, 9.17) is 9.47 Å². The largest absolute Gasteiger partial charge is 0.497 e. The molecule has 0 fully saturated rings. The Kier molecular flexibility index (Phi) is 9.04. The second kappa shape index (κ2) is 11.5. The lowest BCUT2D eigenvalue weighted by Crippen LogP contribution is -2.40. The van der Waals surface area contributed by atoms with Crippen LogP contribution in [0.3, 0.4) is 0 Å². The van der Waals surface area contributed by atoms with Gasteiger partial charge in [-0.1, -0.05) is 0 Å².